The van der Waals surface area contributed by atoms with Crippen molar-refractivity contribution in [1.29, 1.82) is 0 Å². The van der Waals surface area contributed by atoms with Crippen LogP contribution in [0.25, 0.3) is 0 Å². The first-order valence-corrected chi connectivity index (χ1v) is 7.87. The summed E-state index contributed by atoms with van der Waals surface area (Å²) in [4.78, 5) is 12.4. The van der Waals surface area contributed by atoms with Gasteiger partial charge in [0, 0.05) is 35.3 Å². The third kappa shape index (κ3) is 3.21. The molecule has 2 bridgehead atoms. The summed E-state index contributed by atoms with van der Waals surface area (Å²) in [6.45, 7) is 2.86. The summed E-state index contributed by atoms with van der Waals surface area (Å²) in [5.74, 6) is 0.0545. The van der Waals surface area contributed by atoms with Crippen molar-refractivity contribution >= 4 is 34.2 Å². The van der Waals surface area contributed by atoms with E-state index in [4.69, 9.17) is 0 Å². The molecule has 1 amide bonds. The molecule has 2 atom stereocenters. The Morgan fingerprint density at radius 1 is 1.45 bits per heavy atom. The van der Waals surface area contributed by atoms with Gasteiger partial charge in [-0.3, -0.25) is 4.79 Å². The van der Waals surface area contributed by atoms with Gasteiger partial charge in [-0.1, -0.05) is 0 Å². The number of aromatic nitrogens is 1. The zero-order valence-corrected chi connectivity index (χ0v) is 14.0. The van der Waals surface area contributed by atoms with Crippen LogP contribution < -0.4 is 10.6 Å². The van der Waals surface area contributed by atoms with E-state index in [0.717, 1.165) is 29.6 Å². The number of rotatable bonds is 3. The van der Waals surface area contributed by atoms with Gasteiger partial charge >= 0.3 is 0 Å². The normalized spacial score (nSPS) is 28.0. The Morgan fingerprint density at radius 3 is 2.70 bits per heavy atom. The molecule has 20 heavy (non-hydrogen) atoms. The van der Waals surface area contributed by atoms with E-state index < -0.39 is 0 Å². The van der Waals surface area contributed by atoms with Crippen molar-refractivity contribution in [1.82, 2.24) is 15.2 Å². The summed E-state index contributed by atoms with van der Waals surface area (Å²) in [5.41, 5.74) is 0.750. The van der Waals surface area contributed by atoms with E-state index in [1.54, 1.807) is 0 Å². The Kier molecular flexibility index (Phi) is 5.15. The maximum Gasteiger partial charge on any atom is 0.268 e. The maximum absolute atomic E-state index is 12.4. The molecule has 2 saturated heterocycles. The Labute approximate surface area is 134 Å². The number of fused-ring (bicyclic) bond motifs is 2. The van der Waals surface area contributed by atoms with E-state index in [9.17, 15) is 4.79 Å². The van der Waals surface area contributed by atoms with Gasteiger partial charge in [0.25, 0.3) is 5.91 Å². The highest BCUT2D eigenvalue weighted by molar-refractivity contribution is 9.10. The number of amides is 1. The molecule has 0 saturated carbocycles. The number of nitrogens with one attached hydrogen (secondary N) is 2. The third-order valence-electron chi connectivity index (χ3n) is 4.24. The van der Waals surface area contributed by atoms with Crippen molar-refractivity contribution in [2.75, 3.05) is 0 Å². The molecular weight excluding hydrogens is 342 g/mol. The van der Waals surface area contributed by atoms with Gasteiger partial charge in [-0.05, 0) is 54.6 Å². The summed E-state index contributed by atoms with van der Waals surface area (Å²) in [6.07, 6.45) is 6.61. The molecule has 3 rings (SSSR count). The molecule has 0 spiro atoms. The molecule has 3 heterocycles. The summed E-state index contributed by atoms with van der Waals surface area (Å²) in [5, 5.41) is 6.80. The molecule has 0 aliphatic carbocycles. The number of carbonyl (C=O) groups excluding carboxylic acids is 1. The highest BCUT2D eigenvalue weighted by atomic mass is 79.9. The fourth-order valence-corrected chi connectivity index (χ4v) is 3.83. The number of hydrogen-bond donors (Lipinski definition) is 2. The average molecular weight is 363 g/mol. The smallest absolute Gasteiger partial charge is 0.268 e. The van der Waals surface area contributed by atoms with Crippen LogP contribution in [0.4, 0.5) is 0 Å². The molecule has 2 unspecified atom stereocenters. The van der Waals surface area contributed by atoms with E-state index >= 15 is 0 Å². The molecule has 1 aromatic rings. The summed E-state index contributed by atoms with van der Waals surface area (Å²) >= 11 is 3.44. The van der Waals surface area contributed by atoms with Crippen LogP contribution in [0.2, 0.25) is 0 Å². The SMILES string of the molecule is CCn1cc(Br)cc1C(=O)NC1CC2CCC(C1)N2.Cl. The minimum atomic E-state index is 0. The standard InChI is InChI=1S/C14H20BrN3O.ClH/c1-2-18-8-9(15)5-13(18)14(19)17-12-6-10-3-4-11(7-12)16-10;/h5,8,10-12,16H,2-4,6-7H2,1H3,(H,17,19);1H. The fourth-order valence-electron chi connectivity index (χ4n) is 3.36. The van der Waals surface area contributed by atoms with Crippen molar-refractivity contribution in [2.45, 2.75) is 57.3 Å². The molecule has 2 aliphatic rings. The zero-order chi connectivity index (χ0) is 13.4. The zero-order valence-electron chi connectivity index (χ0n) is 11.6. The molecule has 0 aromatic carbocycles. The Hall–Kier alpha value is -0.520. The second-order valence-corrected chi connectivity index (χ2v) is 6.52. The van der Waals surface area contributed by atoms with E-state index in [0.29, 0.717) is 18.1 Å². The monoisotopic (exact) mass is 361 g/mol. The Balaban J connectivity index is 0.00000147. The molecule has 2 aliphatic heterocycles. The number of hydrogen-bond acceptors (Lipinski definition) is 2. The van der Waals surface area contributed by atoms with Gasteiger partial charge < -0.3 is 15.2 Å². The molecule has 112 valence electrons. The first kappa shape index (κ1) is 15.9. The lowest BCUT2D eigenvalue weighted by molar-refractivity contribution is 0.0914. The molecular formula is C14H21BrClN3O. The quantitative estimate of drug-likeness (QED) is 0.868. The molecule has 0 radical (unpaired) electrons. The van der Waals surface area contributed by atoms with E-state index in [1.165, 1.54) is 12.8 Å². The first-order valence-electron chi connectivity index (χ1n) is 7.08. The predicted octanol–water partition coefficient (Wildman–Crippen LogP) is 2.71. The largest absolute Gasteiger partial charge is 0.348 e. The fraction of sp³-hybridized carbons (Fsp3) is 0.643. The van der Waals surface area contributed by atoms with Crippen LogP contribution in [0.1, 0.15) is 43.1 Å². The minimum absolute atomic E-state index is 0. The molecule has 2 fully saturated rings. The van der Waals surface area contributed by atoms with Gasteiger partial charge in [0.05, 0.1) is 0 Å². The van der Waals surface area contributed by atoms with Crippen LogP contribution in [0.5, 0.6) is 0 Å². The lowest BCUT2D eigenvalue weighted by Gasteiger charge is -2.29. The van der Waals surface area contributed by atoms with Gasteiger partial charge in [0.1, 0.15) is 5.69 Å². The van der Waals surface area contributed by atoms with E-state index in [-0.39, 0.29) is 18.3 Å². The van der Waals surface area contributed by atoms with Gasteiger partial charge in [-0.2, -0.15) is 0 Å². The second kappa shape index (κ2) is 6.50. The molecule has 4 nitrogen and oxygen atoms in total. The van der Waals surface area contributed by atoms with Crippen LogP contribution in [0.3, 0.4) is 0 Å². The highest BCUT2D eigenvalue weighted by Gasteiger charge is 2.34. The number of aryl methyl sites for hydroxylation is 1. The third-order valence-corrected chi connectivity index (χ3v) is 4.68. The van der Waals surface area contributed by atoms with Gasteiger partial charge in [0.15, 0.2) is 0 Å². The van der Waals surface area contributed by atoms with Crippen molar-refractivity contribution in [3.8, 4) is 0 Å². The Bertz CT molecular complexity index is 479. The molecule has 1 aromatic heterocycles. The first-order chi connectivity index (χ1) is 9.15. The van der Waals surface area contributed by atoms with Crippen molar-refractivity contribution < 1.29 is 4.79 Å². The predicted molar refractivity (Wildman–Crippen MR) is 85.5 cm³/mol. The summed E-state index contributed by atoms with van der Waals surface area (Å²) in [7, 11) is 0. The van der Waals surface area contributed by atoms with Gasteiger partial charge in [-0.15, -0.1) is 12.4 Å². The van der Waals surface area contributed by atoms with Crippen LogP contribution in [0, 0.1) is 0 Å². The average Bonchev–Trinajstić information content (AvgIpc) is 2.92. The van der Waals surface area contributed by atoms with Gasteiger partial charge in [0.2, 0.25) is 0 Å². The topological polar surface area (TPSA) is 46.1 Å². The maximum atomic E-state index is 12.4. The molecule has 2 N–H and O–H groups in total. The number of carbonyl (C=O) groups is 1. The van der Waals surface area contributed by atoms with Crippen LogP contribution in [0.15, 0.2) is 16.7 Å². The minimum Gasteiger partial charge on any atom is -0.348 e. The lowest BCUT2D eigenvalue weighted by atomic mass is 10.00. The number of halogens is 2. The van der Waals surface area contributed by atoms with Crippen LogP contribution >= 0.6 is 28.3 Å². The summed E-state index contributed by atoms with van der Waals surface area (Å²) in [6, 6.07) is 3.43. The van der Waals surface area contributed by atoms with Gasteiger partial charge in [-0.25, -0.2) is 0 Å². The number of piperidine rings is 1. The van der Waals surface area contributed by atoms with Crippen LogP contribution in [-0.4, -0.2) is 28.6 Å². The van der Waals surface area contributed by atoms with Crippen LogP contribution in [-0.2, 0) is 6.54 Å². The lowest BCUT2D eigenvalue weighted by Crippen LogP contribution is -2.48. The second-order valence-electron chi connectivity index (χ2n) is 5.61. The van der Waals surface area contributed by atoms with Crippen molar-refractivity contribution in [3.63, 3.8) is 0 Å². The summed E-state index contributed by atoms with van der Waals surface area (Å²) < 4.78 is 2.94. The van der Waals surface area contributed by atoms with E-state index in [1.807, 2.05) is 23.8 Å². The Morgan fingerprint density at radius 2 is 2.10 bits per heavy atom. The number of nitrogens with zero attached hydrogens (tertiary/aromatic N) is 1. The highest BCUT2D eigenvalue weighted by Crippen LogP contribution is 2.27. The van der Waals surface area contributed by atoms with E-state index in [2.05, 4.69) is 26.6 Å². The molecule has 6 heteroatoms. The van der Waals surface area contributed by atoms with Crippen molar-refractivity contribution in [3.05, 3.63) is 22.4 Å². The van der Waals surface area contributed by atoms with Crippen molar-refractivity contribution in [2.24, 2.45) is 0 Å².